The van der Waals surface area contributed by atoms with Crippen LogP contribution >= 0.6 is 0 Å². The van der Waals surface area contributed by atoms with E-state index in [0.717, 1.165) is 18.3 Å². The molecular formula is C25H36F3OS+. The third kappa shape index (κ3) is 8.05. The van der Waals surface area contributed by atoms with Crippen LogP contribution in [0.15, 0.2) is 41.3 Å². The van der Waals surface area contributed by atoms with Gasteiger partial charge in [-0.2, -0.15) is 13.2 Å². The highest BCUT2D eigenvalue weighted by Gasteiger charge is 2.29. The van der Waals surface area contributed by atoms with E-state index in [1.807, 2.05) is 13.8 Å². The van der Waals surface area contributed by atoms with Crippen molar-refractivity contribution in [2.24, 2.45) is 5.92 Å². The van der Waals surface area contributed by atoms with E-state index in [-0.39, 0.29) is 6.92 Å². The van der Waals surface area contributed by atoms with E-state index in [4.69, 9.17) is 4.74 Å². The van der Waals surface area contributed by atoms with Gasteiger partial charge >= 0.3 is 6.18 Å². The Balaban J connectivity index is 0.000000404. The summed E-state index contributed by atoms with van der Waals surface area (Å²) in [6.45, 7) is 5.09. The molecule has 0 radical (unpaired) electrons. The van der Waals surface area contributed by atoms with Gasteiger partial charge in [-0.1, -0.05) is 51.3 Å². The lowest BCUT2D eigenvalue weighted by Gasteiger charge is -2.22. The Morgan fingerprint density at radius 3 is 2.03 bits per heavy atom. The number of ether oxygens (including phenoxy) is 1. The van der Waals surface area contributed by atoms with Crippen molar-refractivity contribution in [1.29, 1.82) is 0 Å². The van der Waals surface area contributed by atoms with Crippen molar-refractivity contribution in [3.63, 3.8) is 0 Å². The summed E-state index contributed by atoms with van der Waals surface area (Å²) in [5.74, 6) is 4.62. The Hall–Kier alpha value is -1.36. The standard InChI is InChI=1S/C21H27OS.C2H3F3.C2H6/c1-2-8-17(9-3-1)16-22-20-12-13-21(23-14-6-7-15-23)19-11-5-4-10-18(19)20;1-2(3,4)5;1-2/h4-5,10-13,17H,1-3,6-9,14-16H2;1H3;1-2H3/q+1;;. The minimum atomic E-state index is -4.00. The van der Waals surface area contributed by atoms with Gasteiger partial charge in [0.1, 0.15) is 17.3 Å². The summed E-state index contributed by atoms with van der Waals surface area (Å²) in [6, 6.07) is 13.5. The SMILES string of the molecule is CC.CC(F)(F)F.c1ccc2c([S+]3CCCC3)ccc(OCC3CCCCC3)c2c1. The van der Waals surface area contributed by atoms with Gasteiger partial charge in [0.05, 0.1) is 6.61 Å². The van der Waals surface area contributed by atoms with Crippen LogP contribution in [-0.2, 0) is 10.9 Å². The van der Waals surface area contributed by atoms with Crippen LogP contribution in [0.5, 0.6) is 5.75 Å². The molecule has 2 fully saturated rings. The van der Waals surface area contributed by atoms with Gasteiger partial charge in [0.15, 0.2) is 4.90 Å². The summed E-state index contributed by atoms with van der Waals surface area (Å²) in [5.41, 5.74) is 0. The van der Waals surface area contributed by atoms with Crippen LogP contribution in [0.3, 0.4) is 0 Å². The van der Waals surface area contributed by atoms with Gasteiger partial charge in [0, 0.05) is 28.6 Å². The zero-order valence-electron chi connectivity index (χ0n) is 18.6. The number of fused-ring (bicyclic) bond motifs is 1. The van der Waals surface area contributed by atoms with E-state index in [0.29, 0.717) is 10.9 Å². The van der Waals surface area contributed by atoms with Gasteiger partial charge < -0.3 is 4.74 Å². The zero-order valence-corrected chi connectivity index (χ0v) is 19.4. The molecule has 0 amide bonds. The lowest BCUT2D eigenvalue weighted by Crippen LogP contribution is -2.15. The monoisotopic (exact) mass is 441 g/mol. The van der Waals surface area contributed by atoms with E-state index in [2.05, 4.69) is 36.4 Å². The average molecular weight is 442 g/mol. The summed E-state index contributed by atoms with van der Waals surface area (Å²) in [4.78, 5) is 1.57. The fraction of sp³-hybridized carbons (Fsp3) is 0.600. The molecule has 2 aromatic carbocycles. The van der Waals surface area contributed by atoms with Crippen molar-refractivity contribution in [3.8, 4) is 5.75 Å². The fourth-order valence-electron chi connectivity index (χ4n) is 4.06. The molecule has 168 valence electrons. The molecule has 0 aromatic heterocycles. The molecule has 1 saturated carbocycles. The summed E-state index contributed by atoms with van der Waals surface area (Å²) in [7, 11) is 0.463. The first-order valence-corrected chi connectivity index (χ1v) is 12.9. The molecule has 1 aliphatic carbocycles. The van der Waals surface area contributed by atoms with E-state index >= 15 is 0 Å². The van der Waals surface area contributed by atoms with Crippen LogP contribution in [0.4, 0.5) is 13.2 Å². The Labute approximate surface area is 182 Å². The minimum Gasteiger partial charge on any atom is -0.493 e. The zero-order chi connectivity index (χ0) is 22.0. The fourth-order valence-corrected chi connectivity index (χ4v) is 6.56. The first-order valence-electron chi connectivity index (χ1n) is 11.3. The molecule has 2 aliphatic rings. The van der Waals surface area contributed by atoms with Crippen molar-refractivity contribution in [3.05, 3.63) is 36.4 Å². The van der Waals surface area contributed by atoms with Crippen molar-refractivity contribution >= 4 is 21.7 Å². The molecule has 1 nitrogen and oxygen atoms in total. The maximum Gasteiger partial charge on any atom is 0.386 e. The quantitative estimate of drug-likeness (QED) is 0.435. The first kappa shape index (κ1) is 24.9. The molecule has 4 rings (SSSR count). The number of halogens is 3. The molecule has 1 aliphatic heterocycles. The molecule has 0 atom stereocenters. The highest BCUT2D eigenvalue weighted by Crippen LogP contribution is 2.35. The summed E-state index contributed by atoms with van der Waals surface area (Å²) < 4.78 is 37.3. The third-order valence-corrected chi connectivity index (χ3v) is 7.93. The molecule has 0 bridgehead atoms. The number of hydrogen-bond donors (Lipinski definition) is 0. The molecule has 1 heterocycles. The van der Waals surface area contributed by atoms with Crippen LogP contribution in [0.1, 0.15) is 65.7 Å². The Morgan fingerprint density at radius 1 is 0.867 bits per heavy atom. The molecule has 1 saturated heterocycles. The maximum absolute atomic E-state index is 10.4. The molecular weight excluding hydrogens is 405 g/mol. The number of alkyl halides is 3. The Kier molecular flexibility index (Phi) is 10.4. The largest absolute Gasteiger partial charge is 0.493 e. The second-order valence-electron chi connectivity index (χ2n) is 7.81. The molecule has 5 heteroatoms. The number of hydrogen-bond acceptors (Lipinski definition) is 1. The van der Waals surface area contributed by atoms with E-state index < -0.39 is 6.18 Å². The highest BCUT2D eigenvalue weighted by molar-refractivity contribution is 7.97. The van der Waals surface area contributed by atoms with Crippen molar-refractivity contribution in [2.45, 2.75) is 76.8 Å². The van der Waals surface area contributed by atoms with Crippen molar-refractivity contribution in [2.75, 3.05) is 18.1 Å². The molecule has 0 spiro atoms. The van der Waals surface area contributed by atoms with Gasteiger partial charge in [0.25, 0.3) is 0 Å². The summed E-state index contributed by atoms with van der Waals surface area (Å²) >= 11 is 0. The summed E-state index contributed by atoms with van der Waals surface area (Å²) in [5, 5.41) is 2.75. The molecule has 0 N–H and O–H groups in total. The van der Waals surface area contributed by atoms with Crippen LogP contribution in [0.25, 0.3) is 10.8 Å². The van der Waals surface area contributed by atoms with E-state index in [9.17, 15) is 13.2 Å². The Morgan fingerprint density at radius 2 is 1.43 bits per heavy atom. The normalized spacial score (nSPS) is 17.7. The van der Waals surface area contributed by atoms with Crippen LogP contribution in [-0.4, -0.2) is 24.3 Å². The molecule has 0 unspecified atom stereocenters. The minimum absolute atomic E-state index is 0.188. The number of rotatable bonds is 4. The summed E-state index contributed by atoms with van der Waals surface area (Å²) in [6.07, 6.45) is 5.68. The smallest absolute Gasteiger partial charge is 0.386 e. The first-order chi connectivity index (χ1) is 14.4. The molecule has 30 heavy (non-hydrogen) atoms. The molecule has 2 aromatic rings. The predicted octanol–water partition coefficient (Wildman–Crippen LogP) is 8.16. The van der Waals surface area contributed by atoms with Crippen molar-refractivity contribution in [1.82, 2.24) is 0 Å². The van der Waals surface area contributed by atoms with Gasteiger partial charge in [-0.3, -0.25) is 0 Å². The third-order valence-electron chi connectivity index (χ3n) is 5.39. The average Bonchev–Trinajstić information content (AvgIpc) is 3.28. The predicted molar refractivity (Wildman–Crippen MR) is 124 cm³/mol. The van der Waals surface area contributed by atoms with Crippen LogP contribution in [0, 0.1) is 5.92 Å². The number of benzene rings is 2. The highest BCUT2D eigenvalue weighted by atomic mass is 32.2. The van der Waals surface area contributed by atoms with Crippen LogP contribution in [0.2, 0.25) is 0 Å². The lowest BCUT2D eigenvalue weighted by molar-refractivity contribution is -0.110. The Bertz CT molecular complexity index is 742. The van der Waals surface area contributed by atoms with Gasteiger partial charge in [-0.15, -0.1) is 0 Å². The van der Waals surface area contributed by atoms with Crippen LogP contribution < -0.4 is 4.74 Å². The van der Waals surface area contributed by atoms with Gasteiger partial charge in [-0.05, 0) is 49.8 Å². The maximum atomic E-state index is 10.4. The topological polar surface area (TPSA) is 9.23 Å². The van der Waals surface area contributed by atoms with Gasteiger partial charge in [-0.25, -0.2) is 0 Å². The second-order valence-corrected chi connectivity index (χ2v) is 10.1. The van der Waals surface area contributed by atoms with E-state index in [1.165, 1.54) is 67.2 Å². The van der Waals surface area contributed by atoms with E-state index in [1.54, 1.807) is 4.90 Å². The lowest BCUT2D eigenvalue weighted by atomic mass is 9.90. The van der Waals surface area contributed by atoms with Crippen molar-refractivity contribution < 1.29 is 17.9 Å². The second kappa shape index (κ2) is 12.5. The van der Waals surface area contributed by atoms with Gasteiger partial charge in [0.2, 0.25) is 0 Å².